The quantitative estimate of drug-likeness (QED) is 0.884. The minimum Gasteiger partial charge on any atom is -0.313 e. The van der Waals surface area contributed by atoms with Crippen LogP contribution < -0.4 is 10.2 Å². The maximum atomic E-state index is 12.3. The second kappa shape index (κ2) is 6.71. The largest absolute Gasteiger partial charge is 0.313 e. The number of carbonyl (C=O) groups excluding carboxylic acids is 1. The van der Waals surface area contributed by atoms with E-state index >= 15 is 0 Å². The van der Waals surface area contributed by atoms with Gasteiger partial charge >= 0.3 is 0 Å². The molecule has 0 fully saturated rings. The van der Waals surface area contributed by atoms with Crippen LogP contribution in [0.4, 0.5) is 5.69 Å². The predicted octanol–water partition coefficient (Wildman–Crippen LogP) is 3.13. The van der Waals surface area contributed by atoms with E-state index in [2.05, 4.69) is 32.2 Å². The van der Waals surface area contributed by atoms with Crippen LogP contribution in [0.25, 0.3) is 0 Å². The number of hydrogen-bond donors (Lipinski definition) is 1. The molecule has 3 heteroatoms. The summed E-state index contributed by atoms with van der Waals surface area (Å²) < 4.78 is 0. The van der Waals surface area contributed by atoms with Gasteiger partial charge in [-0.1, -0.05) is 12.1 Å². The maximum Gasteiger partial charge on any atom is 0.228 e. The molecule has 0 radical (unpaired) electrons. The van der Waals surface area contributed by atoms with Crippen molar-refractivity contribution in [2.45, 2.75) is 46.6 Å². The Kier molecular flexibility index (Phi) is 5.55. The smallest absolute Gasteiger partial charge is 0.228 e. The lowest BCUT2D eigenvalue weighted by atomic mass is 10.1. The Morgan fingerprint density at radius 2 is 2.00 bits per heavy atom. The molecule has 0 spiro atoms. The highest BCUT2D eigenvalue weighted by Crippen LogP contribution is 2.16. The molecule has 0 saturated carbocycles. The summed E-state index contributed by atoms with van der Waals surface area (Å²) in [5, 5.41) is 3.35. The monoisotopic (exact) mass is 262 g/mol. The Labute approximate surface area is 117 Å². The molecule has 0 atom stereocenters. The molecule has 0 aliphatic carbocycles. The van der Waals surface area contributed by atoms with Gasteiger partial charge in [0.05, 0.1) is 0 Å². The lowest BCUT2D eigenvalue weighted by molar-refractivity contribution is -0.118. The third-order valence-corrected chi connectivity index (χ3v) is 2.92. The van der Waals surface area contributed by atoms with Gasteiger partial charge in [0, 0.05) is 30.7 Å². The normalized spacial score (nSPS) is 11.4. The number of carbonyl (C=O) groups is 1. The van der Waals surface area contributed by atoms with Crippen molar-refractivity contribution in [3.05, 3.63) is 29.8 Å². The van der Waals surface area contributed by atoms with Gasteiger partial charge in [-0.05, 0) is 52.3 Å². The third-order valence-electron chi connectivity index (χ3n) is 2.92. The molecule has 106 valence electrons. The summed E-state index contributed by atoms with van der Waals surface area (Å²) in [6.07, 6.45) is 0.527. The molecule has 1 aromatic carbocycles. The number of nitrogens with zero attached hydrogens (tertiary/aromatic N) is 1. The van der Waals surface area contributed by atoms with Crippen LogP contribution in [0.1, 0.15) is 39.7 Å². The van der Waals surface area contributed by atoms with Crippen LogP contribution in [0.15, 0.2) is 24.3 Å². The SMILES string of the molecule is CCN(C(=O)CCNC(C)(C)C)c1cccc(C)c1. The lowest BCUT2D eigenvalue weighted by Gasteiger charge is -2.24. The second-order valence-corrected chi connectivity index (χ2v) is 5.90. The van der Waals surface area contributed by atoms with Gasteiger partial charge in [0.25, 0.3) is 0 Å². The van der Waals surface area contributed by atoms with E-state index in [4.69, 9.17) is 0 Å². The average Bonchev–Trinajstić information content (AvgIpc) is 2.28. The van der Waals surface area contributed by atoms with Gasteiger partial charge < -0.3 is 10.2 Å². The van der Waals surface area contributed by atoms with Crippen LogP contribution in [0.3, 0.4) is 0 Å². The van der Waals surface area contributed by atoms with E-state index in [0.717, 1.165) is 5.69 Å². The van der Waals surface area contributed by atoms with Crippen molar-refractivity contribution in [1.82, 2.24) is 5.32 Å². The number of aryl methyl sites for hydroxylation is 1. The Morgan fingerprint density at radius 1 is 1.32 bits per heavy atom. The molecule has 1 amide bonds. The minimum atomic E-state index is 0.0562. The molecule has 0 aromatic heterocycles. The Hall–Kier alpha value is -1.35. The Bertz CT molecular complexity index is 421. The van der Waals surface area contributed by atoms with E-state index in [9.17, 15) is 4.79 Å². The molecule has 0 aliphatic heterocycles. The Morgan fingerprint density at radius 3 is 2.53 bits per heavy atom. The van der Waals surface area contributed by atoms with Crippen LogP contribution in [-0.4, -0.2) is 24.5 Å². The van der Waals surface area contributed by atoms with Crippen molar-refractivity contribution in [3.63, 3.8) is 0 Å². The van der Waals surface area contributed by atoms with E-state index in [1.54, 1.807) is 0 Å². The van der Waals surface area contributed by atoms with Crippen molar-refractivity contribution in [3.8, 4) is 0 Å². The molecule has 0 unspecified atom stereocenters. The highest BCUT2D eigenvalue weighted by Gasteiger charge is 2.15. The maximum absolute atomic E-state index is 12.3. The summed E-state index contributed by atoms with van der Waals surface area (Å²) in [7, 11) is 0. The fourth-order valence-electron chi connectivity index (χ4n) is 1.98. The van der Waals surface area contributed by atoms with Crippen LogP contribution >= 0.6 is 0 Å². The average molecular weight is 262 g/mol. The minimum absolute atomic E-state index is 0.0562. The van der Waals surface area contributed by atoms with Crippen LogP contribution in [-0.2, 0) is 4.79 Å². The van der Waals surface area contributed by atoms with Gasteiger partial charge in [-0.2, -0.15) is 0 Å². The summed E-state index contributed by atoms with van der Waals surface area (Å²) >= 11 is 0. The molecular formula is C16H26N2O. The van der Waals surface area contributed by atoms with Gasteiger partial charge in [-0.15, -0.1) is 0 Å². The fourth-order valence-corrected chi connectivity index (χ4v) is 1.98. The summed E-state index contributed by atoms with van der Waals surface area (Å²) in [5.41, 5.74) is 2.22. The molecule has 1 aromatic rings. The van der Waals surface area contributed by atoms with Crippen molar-refractivity contribution in [2.24, 2.45) is 0 Å². The zero-order chi connectivity index (χ0) is 14.5. The summed E-state index contributed by atoms with van der Waals surface area (Å²) in [5.74, 6) is 0.171. The van der Waals surface area contributed by atoms with Gasteiger partial charge in [0.2, 0.25) is 5.91 Å². The summed E-state index contributed by atoms with van der Waals surface area (Å²) in [6, 6.07) is 8.08. The zero-order valence-electron chi connectivity index (χ0n) is 12.8. The van der Waals surface area contributed by atoms with Gasteiger partial charge in [-0.3, -0.25) is 4.79 Å². The molecular weight excluding hydrogens is 236 g/mol. The van der Waals surface area contributed by atoms with Gasteiger partial charge in [0.1, 0.15) is 0 Å². The van der Waals surface area contributed by atoms with Crippen LogP contribution in [0.5, 0.6) is 0 Å². The van der Waals surface area contributed by atoms with E-state index in [1.165, 1.54) is 5.56 Å². The highest BCUT2D eigenvalue weighted by atomic mass is 16.2. The summed E-state index contributed by atoms with van der Waals surface area (Å²) in [4.78, 5) is 14.1. The molecule has 19 heavy (non-hydrogen) atoms. The predicted molar refractivity (Wildman–Crippen MR) is 81.6 cm³/mol. The first-order chi connectivity index (χ1) is 8.83. The highest BCUT2D eigenvalue weighted by molar-refractivity contribution is 5.93. The zero-order valence-corrected chi connectivity index (χ0v) is 12.8. The number of benzene rings is 1. The van der Waals surface area contributed by atoms with Crippen molar-refractivity contribution >= 4 is 11.6 Å². The number of anilines is 1. The fraction of sp³-hybridized carbons (Fsp3) is 0.562. The van der Waals surface area contributed by atoms with Crippen LogP contribution in [0.2, 0.25) is 0 Å². The first-order valence-electron chi connectivity index (χ1n) is 6.95. The molecule has 3 nitrogen and oxygen atoms in total. The number of nitrogens with one attached hydrogen (secondary N) is 1. The van der Waals surface area contributed by atoms with Crippen molar-refractivity contribution in [2.75, 3.05) is 18.0 Å². The molecule has 0 bridgehead atoms. The van der Waals surface area contributed by atoms with Crippen LogP contribution in [0, 0.1) is 6.92 Å². The van der Waals surface area contributed by atoms with Gasteiger partial charge in [0.15, 0.2) is 0 Å². The standard InChI is InChI=1S/C16H26N2O/c1-6-18(14-9-7-8-13(2)12-14)15(19)10-11-17-16(3,4)5/h7-9,12,17H,6,10-11H2,1-5H3. The first kappa shape index (κ1) is 15.7. The third kappa shape index (κ3) is 5.43. The molecule has 1 rings (SSSR count). The van der Waals surface area contributed by atoms with Crippen molar-refractivity contribution < 1.29 is 4.79 Å². The van der Waals surface area contributed by atoms with E-state index in [-0.39, 0.29) is 11.4 Å². The first-order valence-corrected chi connectivity index (χ1v) is 6.95. The number of rotatable bonds is 5. The molecule has 0 heterocycles. The molecule has 0 aliphatic rings. The van der Waals surface area contributed by atoms with Gasteiger partial charge in [-0.25, -0.2) is 0 Å². The Balaban J connectivity index is 2.62. The van der Waals surface area contributed by atoms with Crippen molar-refractivity contribution in [1.29, 1.82) is 0 Å². The molecule has 1 N–H and O–H groups in total. The second-order valence-electron chi connectivity index (χ2n) is 5.90. The summed E-state index contributed by atoms with van der Waals surface area (Å²) in [6.45, 7) is 11.8. The topological polar surface area (TPSA) is 32.3 Å². The van der Waals surface area contributed by atoms with E-state index in [0.29, 0.717) is 19.5 Å². The lowest BCUT2D eigenvalue weighted by Crippen LogP contribution is -2.39. The number of amides is 1. The number of hydrogen-bond acceptors (Lipinski definition) is 2. The van der Waals surface area contributed by atoms with E-state index in [1.807, 2.05) is 36.9 Å². The van der Waals surface area contributed by atoms with E-state index < -0.39 is 0 Å². The molecule has 0 saturated heterocycles.